The fourth-order valence-corrected chi connectivity index (χ4v) is 2.03. The molecule has 0 aromatic heterocycles. The van der Waals surface area contributed by atoms with E-state index in [2.05, 4.69) is 28.9 Å². The maximum atomic E-state index is 5.50. The van der Waals surface area contributed by atoms with Crippen LogP contribution in [-0.4, -0.2) is 13.2 Å². The van der Waals surface area contributed by atoms with Crippen LogP contribution in [0.25, 0.3) is 0 Å². The molecule has 0 fully saturated rings. The Balaban J connectivity index is 2.92. The molecular formula is C10H14BrNO. The predicted octanol–water partition coefficient (Wildman–Crippen LogP) is 2.40. The topological polar surface area (TPSA) is 35.2 Å². The Bertz CT molecular complexity index is 276. The monoisotopic (exact) mass is 243 g/mol. The minimum Gasteiger partial charge on any atom is -0.491 e. The molecule has 1 aromatic carbocycles. The van der Waals surface area contributed by atoms with E-state index in [1.807, 2.05) is 13.0 Å². The number of hydrogen-bond donors (Lipinski definition) is 1. The van der Waals surface area contributed by atoms with Gasteiger partial charge in [0.2, 0.25) is 0 Å². The second kappa shape index (κ2) is 4.63. The Labute approximate surface area is 87.2 Å². The first-order valence-corrected chi connectivity index (χ1v) is 5.04. The third kappa shape index (κ3) is 2.71. The number of benzene rings is 1. The maximum Gasteiger partial charge on any atom is 0.136 e. The van der Waals surface area contributed by atoms with E-state index in [1.54, 1.807) is 0 Å². The zero-order valence-electron chi connectivity index (χ0n) is 7.93. The Hall–Kier alpha value is -0.540. The molecule has 2 N–H and O–H groups in total. The average Bonchev–Trinajstić information content (AvgIpc) is 2.02. The standard InChI is InChI=1S/C10H14BrNO/c1-7-5-8(2)10(9(11)6-7)13-4-3-12/h5-6H,3-4,12H2,1-2H3. The molecule has 3 heteroatoms. The largest absolute Gasteiger partial charge is 0.491 e. The van der Waals surface area contributed by atoms with Crippen molar-refractivity contribution >= 4 is 15.9 Å². The molecule has 0 unspecified atom stereocenters. The first-order valence-electron chi connectivity index (χ1n) is 4.24. The number of rotatable bonds is 3. The molecule has 1 aromatic rings. The molecular weight excluding hydrogens is 230 g/mol. The highest BCUT2D eigenvalue weighted by Crippen LogP contribution is 2.29. The molecule has 0 saturated heterocycles. The van der Waals surface area contributed by atoms with Crippen LogP contribution < -0.4 is 10.5 Å². The fourth-order valence-electron chi connectivity index (χ4n) is 1.25. The van der Waals surface area contributed by atoms with Crippen molar-refractivity contribution in [2.75, 3.05) is 13.2 Å². The number of ether oxygens (including phenoxy) is 1. The molecule has 0 saturated carbocycles. The van der Waals surface area contributed by atoms with E-state index in [-0.39, 0.29) is 0 Å². The molecule has 0 heterocycles. The quantitative estimate of drug-likeness (QED) is 0.886. The van der Waals surface area contributed by atoms with Gasteiger partial charge in [0.15, 0.2) is 0 Å². The van der Waals surface area contributed by atoms with Gasteiger partial charge in [-0.3, -0.25) is 0 Å². The van der Waals surface area contributed by atoms with Crippen molar-refractivity contribution in [3.8, 4) is 5.75 Å². The molecule has 0 spiro atoms. The summed E-state index contributed by atoms with van der Waals surface area (Å²) in [7, 11) is 0. The van der Waals surface area contributed by atoms with Crippen LogP contribution in [0.1, 0.15) is 11.1 Å². The van der Waals surface area contributed by atoms with E-state index in [0.717, 1.165) is 15.8 Å². The van der Waals surface area contributed by atoms with Crippen molar-refractivity contribution < 1.29 is 4.74 Å². The number of aryl methyl sites for hydroxylation is 2. The van der Waals surface area contributed by atoms with Crippen molar-refractivity contribution in [2.24, 2.45) is 5.73 Å². The predicted molar refractivity (Wildman–Crippen MR) is 58.2 cm³/mol. The molecule has 0 atom stereocenters. The van der Waals surface area contributed by atoms with Gasteiger partial charge in [-0.1, -0.05) is 6.07 Å². The lowest BCUT2D eigenvalue weighted by atomic mass is 10.1. The first-order chi connectivity index (χ1) is 6.15. The summed E-state index contributed by atoms with van der Waals surface area (Å²) in [6, 6.07) is 4.13. The molecule has 0 aliphatic carbocycles. The van der Waals surface area contributed by atoms with Crippen LogP contribution in [-0.2, 0) is 0 Å². The molecule has 1 rings (SSSR count). The van der Waals surface area contributed by atoms with Crippen molar-refractivity contribution in [3.63, 3.8) is 0 Å². The number of nitrogens with two attached hydrogens (primary N) is 1. The lowest BCUT2D eigenvalue weighted by Gasteiger charge is -2.10. The van der Waals surface area contributed by atoms with Crippen molar-refractivity contribution in [1.82, 2.24) is 0 Å². The summed E-state index contributed by atoms with van der Waals surface area (Å²) < 4.78 is 6.50. The normalized spacial score (nSPS) is 10.2. The van der Waals surface area contributed by atoms with Gasteiger partial charge >= 0.3 is 0 Å². The van der Waals surface area contributed by atoms with Gasteiger partial charge in [-0.05, 0) is 47.0 Å². The minimum absolute atomic E-state index is 0.541. The van der Waals surface area contributed by atoms with E-state index in [9.17, 15) is 0 Å². The van der Waals surface area contributed by atoms with Crippen LogP contribution >= 0.6 is 15.9 Å². The van der Waals surface area contributed by atoms with E-state index < -0.39 is 0 Å². The van der Waals surface area contributed by atoms with E-state index in [0.29, 0.717) is 13.2 Å². The third-order valence-corrected chi connectivity index (χ3v) is 2.33. The zero-order chi connectivity index (χ0) is 9.84. The summed E-state index contributed by atoms with van der Waals surface area (Å²) in [5, 5.41) is 0. The van der Waals surface area contributed by atoms with Gasteiger partial charge in [0.1, 0.15) is 12.4 Å². The minimum atomic E-state index is 0.541. The molecule has 13 heavy (non-hydrogen) atoms. The molecule has 72 valence electrons. The SMILES string of the molecule is Cc1cc(C)c(OCCN)c(Br)c1. The van der Waals surface area contributed by atoms with Crippen LogP contribution in [0.4, 0.5) is 0 Å². The average molecular weight is 244 g/mol. The summed E-state index contributed by atoms with van der Waals surface area (Å²) in [5.74, 6) is 0.899. The third-order valence-electron chi connectivity index (χ3n) is 1.74. The number of hydrogen-bond acceptors (Lipinski definition) is 2. The lowest BCUT2D eigenvalue weighted by molar-refractivity contribution is 0.324. The number of halogens is 1. The smallest absolute Gasteiger partial charge is 0.136 e. The highest BCUT2D eigenvalue weighted by molar-refractivity contribution is 9.10. The molecule has 0 bridgehead atoms. The second-order valence-corrected chi connectivity index (χ2v) is 3.88. The Morgan fingerprint density at radius 1 is 1.38 bits per heavy atom. The van der Waals surface area contributed by atoms with E-state index in [4.69, 9.17) is 10.5 Å². The highest BCUT2D eigenvalue weighted by atomic mass is 79.9. The van der Waals surface area contributed by atoms with Gasteiger partial charge in [0, 0.05) is 6.54 Å². The van der Waals surface area contributed by atoms with Crippen molar-refractivity contribution in [1.29, 1.82) is 0 Å². The summed E-state index contributed by atoms with van der Waals surface area (Å²) in [6.07, 6.45) is 0. The summed E-state index contributed by atoms with van der Waals surface area (Å²) in [4.78, 5) is 0. The molecule has 2 nitrogen and oxygen atoms in total. The lowest BCUT2D eigenvalue weighted by Crippen LogP contribution is -2.11. The van der Waals surface area contributed by atoms with Gasteiger partial charge in [-0.2, -0.15) is 0 Å². The van der Waals surface area contributed by atoms with Gasteiger partial charge < -0.3 is 10.5 Å². The summed E-state index contributed by atoms with van der Waals surface area (Å²) >= 11 is 3.46. The molecule has 0 aliphatic rings. The van der Waals surface area contributed by atoms with E-state index in [1.165, 1.54) is 5.56 Å². The Morgan fingerprint density at radius 2 is 2.08 bits per heavy atom. The Morgan fingerprint density at radius 3 is 2.62 bits per heavy atom. The molecule has 0 aliphatic heterocycles. The summed E-state index contributed by atoms with van der Waals surface area (Å²) in [6.45, 7) is 5.19. The summed E-state index contributed by atoms with van der Waals surface area (Å²) in [5.41, 5.74) is 7.73. The van der Waals surface area contributed by atoms with Gasteiger partial charge in [-0.25, -0.2) is 0 Å². The van der Waals surface area contributed by atoms with E-state index >= 15 is 0 Å². The van der Waals surface area contributed by atoms with Crippen molar-refractivity contribution in [3.05, 3.63) is 27.7 Å². The van der Waals surface area contributed by atoms with Gasteiger partial charge in [0.25, 0.3) is 0 Å². The van der Waals surface area contributed by atoms with Crippen LogP contribution in [0, 0.1) is 13.8 Å². The van der Waals surface area contributed by atoms with Crippen LogP contribution in [0.2, 0.25) is 0 Å². The van der Waals surface area contributed by atoms with Crippen molar-refractivity contribution in [2.45, 2.75) is 13.8 Å². The molecule has 0 radical (unpaired) electrons. The van der Waals surface area contributed by atoms with Crippen LogP contribution in [0.3, 0.4) is 0 Å². The highest BCUT2D eigenvalue weighted by Gasteiger charge is 2.05. The van der Waals surface area contributed by atoms with Crippen LogP contribution in [0.15, 0.2) is 16.6 Å². The van der Waals surface area contributed by atoms with Gasteiger partial charge in [-0.15, -0.1) is 0 Å². The zero-order valence-corrected chi connectivity index (χ0v) is 9.52. The molecule has 0 amide bonds. The first kappa shape index (κ1) is 10.5. The second-order valence-electron chi connectivity index (χ2n) is 3.03. The fraction of sp³-hybridized carbons (Fsp3) is 0.400. The Kier molecular flexibility index (Phi) is 3.75. The maximum absolute atomic E-state index is 5.50. The van der Waals surface area contributed by atoms with Crippen LogP contribution in [0.5, 0.6) is 5.75 Å². The van der Waals surface area contributed by atoms with Gasteiger partial charge in [0.05, 0.1) is 4.47 Å².